The Kier molecular flexibility index (Phi) is 22.1. The number of aliphatic carboxylic acids is 2. The zero-order valence-corrected chi connectivity index (χ0v) is 34.0. The monoisotopic (exact) mass is 800 g/mol. The number of nitrogens with two attached hydrogens (primary N) is 3. The number of H-pyrrole nitrogens is 1. The summed E-state index contributed by atoms with van der Waals surface area (Å²) in [5.74, 6) is -0.660. The van der Waals surface area contributed by atoms with E-state index in [0.29, 0.717) is 47.2 Å². The molecule has 3 saturated carbocycles. The molecule has 0 unspecified atom stereocenters. The number of hydrogen-bond acceptors (Lipinski definition) is 9. The number of ether oxygens (including phenoxy) is 1. The minimum atomic E-state index is -0.985. The van der Waals surface area contributed by atoms with Crippen LogP contribution in [0.25, 0.3) is 11.0 Å². The molecule has 3 aliphatic rings. The van der Waals surface area contributed by atoms with Crippen LogP contribution in [0.5, 0.6) is 0 Å². The summed E-state index contributed by atoms with van der Waals surface area (Å²) < 4.78 is 5.28. The highest BCUT2D eigenvalue weighted by molar-refractivity contribution is 5.99. The largest absolute Gasteiger partial charge is 0.480 e. The van der Waals surface area contributed by atoms with Crippen molar-refractivity contribution in [3.63, 3.8) is 0 Å². The van der Waals surface area contributed by atoms with Gasteiger partial charge in [0.15, 0.2) is 5.95 Å². The average Bonchev–Trinajstić information content (AvgIpc) is 3.48. The molecule has 54 heavy (non-hydrogen) atoms. The maximum atomic E-state index is 12.4. The third-order valence-electron chi connectivity index (χ3n) is 10.3. The molecule has 3 aliphatic carbocycles. The maximum Gasteiger partial charge on any atom is 0.326 e. The number of aromatic amines is 1. The number of carboxylic acids is 2. The van der Waals surface area contributed by atoms with Crippen molar-refractivity contribution in [2.24, 2.45) is 29.2 Å². The van der Waals surface area contributed by atoms with Gasteiger partial charge in [-0.3, -0.25) is 14.4 Å². The van der Waals surface area contributed by atoms with E-state index in [9.17, 15) is 24.3 Å². The van der Waals surface area contributed by atoms with Gasteiger partial charge in [0, 0.05) is 5.56 Å². The molecule has 0 aliphatic heterocycles. The number of carbonyl (C=O) groups excluding carboxylic acids is 2. The van der Waals surface area contributed by atoms with Crippen molar-refractivity contribution < 1.29 is 34.1 Å². The van der Waals surface area contributed by atoms with Crippen LogP contribution >= 0.6 is 24.8 Å². The summed E-state index contributed by atoms with van der Waals surface area (Å²) in [6, 6.07) is 3.00. The molecule has 13 nitrogen and oxygen atoms in total. The smallest absolute Gasteiger partial charge is 0.326 e. The van der Waals surface area contributed by atoms with Gasteiger partial charge in [-0.1, -0.05) is 96.3 Å². The molecule has 15 heteroatoms. The van der Waals surface area contributed by atoms with Gasteiger partial charge in [0.25, 0.3) is 5.91 Å². The number of fused-ring (bicyclic) bond motifs is 1. The third kappa shape index (κ3) is 18.0. The lowest BCUT2D eigenvalue weighted by atomic mass is 9.85. The van der Waals surface area contributed by atoms with E-state index in [2.05, 4.69) is 15.3 Å². The first-order valence-corrected chi connectivity index (χ1v) is 19.4. The number of carbonyl (C=O) groups is 4. The van der Waals surface area contributed by atoms with Crippen molar-refractivity contribution in [1.82, 2.24) is 15.3 Å². The number of hydrogen-bond donors (Lipinski definition) is 7. The molecule has 3 atom stereocenters. The van der Waals surface area contributed by atoms with Crippen molar-refractivity contribution >= 4 is 65.6 Å². The van der Waals surface area contributed by atoms with Gasteiger partial charge < -0.3 is 42.5 Å². The van der Waals surface area contributed by atoms with Gasteiger partial charge in [0.1, 0.15) is 23.7 Å². The zero-order valence-electron chi connectivity index (χ0n) is 32.4. The summed E-state index contributed by atoms with van der Waals surface area (Å²) in [6.07, 6.45) is 20.0. The predicted octanol–water partition coefficient (Wildman–Crippen LogP) is 7.14. The Morgan fingerprint density at radius 1 is 0.778 bits per heavy atom. The summed E-state index contributed by atoms with van der Waals surface area (Å²) in [4.78, 5) is 53.0. The Bertz CT molecular complexity index is 1430. The lowest BCUT2D eigenvalue weighted by Gasteiger charge is -2.26. The van der Waals surface area contributed by atoms with Gasteiger partial charge >= 0.3 is 17.9 Å². The maximum absolute atomic E-state index is 12.4. The SMILES string of the molecule is CC(C)(C)OC(=O)[C@@H](N)CC1CCCCC1.Cl.Cl.N[C@@H](CC1CCCCC1)C(=O)O.Nc1nc2ccc(C(=O)N[C@@H](CC3CCCCC3)C(=O)O)cc2[nH]1. The summed E-state index contributed by atoms with van der Waals surface area (Å²) >= 11 is 0. The summed E-state index contributed by atoms with van der Waals surface area (Å²) in [5, 5.41) is 20.7. The Labute approximate surface area is 332 Å². The van der Waals surface area contributed by atoms with Crippen molar-refractivity contribution in [1.29, 1.82) is 0 Å². The lowest BCUT2D eigenvalue weighted by molar-refractivity contribution is -0.157. The van der Waals surface area contributed by atoms with Crippen LogP contribution in [0.4, 0.5) is 5.95 Å². The van der Waals surface area contributed by atoms with Crippen LogP contribution in [0.3, 0.4) is 0 Å². The molecule has 1 heterocycles. The first-order chi connectivity index (χ1) is 24.6. The fourth-order valence-electron chi connectivity index (χ4n) is 7.53. The highest BCUT2D eigenvalue weighted by atomic mass is 35.5. The molecule has 0 bridgehead atoms. The van der Waals surface area contributed by atoms with E-state index in [1.54, 1.807) is 18.2 Å². The van der Waals surface area contributed by atoms with E-state index in [1.165, 1.54) is 70.6 Å². The Balaban J connectivity index is 0.000000425. The second kappa shape index (κ2) is 24.4. The van der Waals surface area contributed by atoms with Crippen molar-refractivity contribution in [3.8, 4) is 0 Å². The van der Waals surface area contributed by atoms with E-state index < -0.39 is 41.6 Å². The third-order valence-corrected chi connectivity index (χ3v) is 10.3. The molecule has 5 rings (SSSR count). The normalized spacial score (nSPS) is 18.5. The van der Waals surface area contributed by atoms with Gasteiger partial charge in [0.05, 0.1) is 11.0 Å². The number of esters is 1. The molecule has 2 aromatic rings. The molecular weight excluding hydrogens is 735 g/mol. The number of nitrogen functional groups attached to an aromatic ring is 1. The van der Waals surface area contributed by atoms with Crippen molar-refractivity contribution in [2.75, 3.05) is 5.73 Å². The number of imidazole rings is 1. The summed E-state index contributed by atoms with van der Waals surface area (Å²) in [7, 11) is 0. The first kappa shape index (κ1) is 48.9. The molecule has 1 aromatic carbocycles. The predicted molar refractivity (Wildman–Crippen MR) is 217 cm³/mol. The molecule has 0 spiro atoms. The fraction of sp³-hybridized carbons (Fsp3) is 0.718. The highest BCUT2D eigenvalue weighted by Crippen LogP contribution is 2.29. The standard InChI is InChI=1S/C17H22N4O3.C13H25NO2.C9H17NO2.2ClH/c18-17-20-12-7-6-11(9-13(12)21-17)15(22)19-14(16(23)24)8-10-4-2-1-3-5-10;1-13(2,3)16-12(15)11(14)9-10-7-5-4-6-8-10;10-8(9(11)12)6-7-4-2-1-3-5-7;;/h6-7,9-10,14H,1-5,8H2,(H,19,22)(H,23,24)(H3,18,20,21);10-11H,4-9,14H2,1-3H3;7-8H,1-6,10H2,(H,11,12);2*1H/t14-;11-;8-;;/m000../s1. The minimum Gasteiger partial charge on any atom is -0.480 e. The van der Waals surface area contributed by atoms with E-state index in [1.807, 2.05) is 20.8 Å². The van der Waals surface area contributed by atoms with E-state index in [-0.39, 0.29) is 36.7 Å². The summed E-state index contributed by atoms with van der Waals surface area (Å²) in [5.41, 5.74) is 18.2. The van der Waals surface area contributed by atoms with Gasteiger partial charge in [-0.2, -0.15) is 0 Å². The number of nitrogens with zero attached hydrogens (tertiary/aromatic N) is 1. The number of nitrogens with one attached hydrogen (secondary N) is 2. The Hall–Kier alpha value is -3.13. The zero-order chi connectivity index (χ0) is 38.3. The van der Waals surface area contributed by atoms with Crippen molar-refractivity contribution in [2.45, 2.75) is 160 Å². The van der Waals surface area contributed by atoms with Crippen LogP contribution in [0.1, 0.15) is 147 Å². The van der Waals surface area contributed by atoms with Gasteiger partial charge in [-0.15, -0.1) is 24.8 Å². The van der Waals surface area contributed by atoms with Crippen LogP contribution in [-0.4, -0.2) is 67.7 Å². The average molecular weight is 802 g/mol. The molecule has 0 radical (unpaired) electrons. The van der Waals surface area contributed by atoms with Crippen LogP contribution in [0.15, 0.2) is 18.2 Å². The van der Waals surface area contributed by atoms with Crippen LogP contribution in [0, 0.1) is 17.8 Å². The van der Waals surface area contributed by atoms with Gasteiger partial charge in [-0.05, 0) is 76.0 Å². The topological polar surface area (TPSA) is 237 Å². The van der Waals surface area contributed by atoms with Crippen LogP contribution in [-0.2, 0) is 19.1 Å². The van der Waals surface area contributed by atoms with E-state index in [0.717, 1.165) is 32.1 Å². The highest BCUT2D eigenvalue weighted by Gasteiger charge is 2.27. The van der Waals surface area contributed by atoms with Crippen molar-refractivity contribution in [3.05, 3.63) is 23.8 Å². The minimum absolute atomic E-state index is 0. The van der Waals surface area contributed by atoms with Crippen LogP contribution < -0.4 is 22.5 Å². The molecular formula is C39H66Cl2N6O7. The molecule has 1 aromatic heterocycles. The Morgan fingerprint density at radius 2 is 1.24 bits per heavy atom. The van der Waals surface area contributed by atoms with Gasteiger partial charge in [-0.25, -0.2) is 9.78 Å². The lowest BCUT2D eigenvalue weighted by Crippen LogP contribution is -2.42. The summed E-state index contributed by atoms with van der Waals surface area (Å²) in [6.45, 7) is 5.62. The second-order valence-electron chi connectivity index (χ2n) is 16.0. The number of benzene rings is 1. The number of aromatic nitrogens is 2. The van der Waals surface area contributed by atoms with E-state index in [4.69, 9.17) is 27.0 Å². The molecule has 1 amide bonds. The number of amides is 1. The molecule has 10 N–H and O–H groups in total. The molecule has 0 saturated heterocycles. The second-order valence-corrected chi connectivity index (χ2v) is 16.0. The van der Waals surface area contributed by atoms with Gasteiger partial charge in [0.2, 0.25) is 0 Å². The number of anilines is 1. The quantitative estimate of drug-likeness (QED) is 0.113. The van der Waals surface area contributed by atoms with E-state index >= 15 is 0 Å². The van der Waals surface area contributed by atoms with Crippen LogP contribution in [0.2, 0.25) is 0 Å². The number of carboxylic acid groups (broad SMARTS) is 2. The Morgan fingerprint density at radius 3 is 1.69 bits per heavy atom. The molecule has 3 fully saturated rings. The fourth-order valence-corrected chi connectivity index (χ4v) is 7.53. The molecule has 308 valence electrons. The number of halogens is 2. The number of rotatable bonds is 11. The first-order valence-electron chi connectivity index (χ1n) is 19.4.